The summed E-state index contributed by atoms with van der Waals surface area (Å²) >= 11 is 0. The Labute approximate surface area is 169 Å². The average molecular weight is 460 g/mol. The minimum atomic E-state index is 0. The lowest BCUT2D eigenvalue weighted by atomic mass is 10.0. The molecule has 2 atom stereocenters. The molecule has 2 aliphatic heterocycles. The molecule has 1 aromatic rings. The van der Waals surface area contributed by atoms with Gasteiger partial charge in [-0.3, -0.25) is 14.6 Å². The van der Waals surface area contributed by atoms with Gasteiger partial charge in [-0.1, -0.05) is 6.92 Å². The van der Waals surface area contributed by atoms with Gasteiger partial charge < -0.3 is 10.2 Å². The molecule has 25 heavy (non-hydrogen) atoms. The molecular weight excluding hydrogens is 427 g/mol. The minimum Gasteiger partial charge on any atom is -0.355 e. The Morgan fingerprint density at radius 3 is 2.72 bits per heavy atom. The topological polar surface area (TPSA) is 48.7 Å². The lowest BCUT2D eigenvalue weighted by Crippen LogP contribution is -2.47. The van der Waals surface area contributed by atoms with Crippen LogP contribution in [0, 0.1) is 0 Å². The van der Waals surface area contributed by atoms with E-state index >= 15 is 0 Å². The molecule has 2 fully saturated rings. The Morgan fingerprint density at radius 1 is 1.36 bits per heavy atom. The van der Waals surface area contributed by atoms with E-state index in [1.165, 1.54) is 44.3 Å². The highest BCUT2D eigenvalue weighted by molar-refractivity contribution is 14.0. The van der Waals surface area contributed by atoms with E-state index in [1.807, 2.05) is 25.0 Å². The van der Waals surface area contributed by atoms with Crippen LogP contribution in [0.5, 0.6) is 0 Å². The summed E-state index contributed by atoms with van der Waals surface area (Å²) in [6.45, 7) is 7.90. The van der Waals surface area contributed by atoms with Crippen LogP contribution in [0.15, 0.2) is 17.4 Å². The first-order valence-corrected chi connectivity index (χ1v) is 9.39. The van der Waals surface area contributed by atoms with Crippen molar-refractivity contribution in [1.82, 2.24) is 24.9 Å². The zero-order valence-corrected chi connectivity index (χ0v) is 18.1. The standard InChI is InChI=1S/C18H32N6.HI/c1-4-17(23-8-5-6-9-23)12-20-18(19-2)24-10-7-15(14-24)16-11-21-22(3)13-16;/h11,13,15,17H,4-10,12,14H2,1-3H3,(H,19,20);1H. The summed E-state index contributed by atoms with van der Waals surface area (Å²) in [5.41, 5.74) is 1.35. The molecule has 6 nitrogen and oxygen atoms in total. The molecule has 3 heterocycles. The predicted molar refractivity (Wildman–Crippen MR) is 114 cm³/mol. The van der Waals surface area contributed by atoms with E-state index in [9.17, 15) is 0 Å². The van der Waals surface area contributed by atoms with Gasteiger partial charge in [0, 0.05) is 51.9 Å². The molecule has 0 bridgehead atoms. The normalized spacial score (nSPS) is 22.9. The quantitative estimate of drug-likeness (QED) is 0.416. The van der Waals surface area contributed by atoms with Crippen molar-refractivity contribution in [2.75, 3.05) is 39.8 Å². The van der Waals surface area contributed by atoms with Gasteiger partial charge in [-0.2, -0.15) is 5.10 Å². The number of likely N-dealkylation sites (tertiary alicyclic amines) is 2. The first-order valence-electron chi connectivity index (χ1n) is 9.39. The molecule has 1 aromatic heterocycles. The van der Waals surface area contributed by atoms with Crippen molar-refractivity contribution in [2.24, 2.45) is 12.0 Å². The first-order chi connectivity index (χ1) is 11.7. The fraction of sp³-hybridized carbons (Fsp3) is 0.778. The summed E-state index contributed by atoms with van der Waals surface area (Å²) in [4.78, 5) is 9.55. The van der Waals surface area contributed by atoms with Gasteiger partial charge in [-0.05, 0) is 44.3 Å². The molecular formula is C18H33IN6. The number of rotatable bonds is 5. The molecule has 2 unspecified atom stereocenters. The third-order valence-electron chi connectivity index (χ3n) is 5.52. The van der Waals surface area contributed by atoms with E-state index < -0.39 is 0 Å². The smallest absolute Gasteiger partial charge is 0.193 e. The van der Waals surface area contributed by atoms with Crippen molar-refractivity contribution in [2.45, 2.75) is 44.6 Å². The van der Waals surface area contributed by atoms with E-state index in [1.54, 1.807) is 0 Å². The van der Waals surface area contributed by atoms with Gasteiger partial charge >= 0.3 is 0 Å². The molecule has 0 spiro atoms. The summed E-state index contributed by atoms with van der Waals surface area (Å²) in [6, 6.07) is 0.626. The SMILES string of the molecule is CCC(CNC(=NC)N1CCC(c2cnn(C)c2)C1)N1CCCC1.I. The molecule has 0 aromatic carbocycles. The summed E-state index contributed by atoms with van der Waals surface area (Å²) in [5, 5.41) is 7.94. The van der Waals surface area contributed by atoms with Crippen molar-refractivity contribution < 1.29 is 0 Å². The number of halogens is 1. The zero-order valence-electron chi connectivity index (χ0n) is 15.8. The monoisotopic (exact) mass is 460 g/mol. The molecule has 7 heteroatoms. The number of aliphatic imine (C=N–C) groups is 1. The third-order valence-corrected chi connectivity index (χ3v) is 5.52. The summed E-state index contributed by atoms with van der Waals surface area (Å²) in [6.07, 6.45) is 9.22. The fourth-order valence-corrected chi connectivity index (χ4v) is 4.06. The number of nitrogens with zero attached hydrogens (tertiary/aromatic N) is 5. The molecule has 2 saturated heterocycles. The Morgan fingerprint density at radius 2 is 2.12 bits per heavy atom. The van der Waals surface area contributed by atoms with Crippen molar-refractivity contribution >= 4 is 29.9 Å². The largest absolute Gasteiger partial charge is 0.355 e. The fourth-order valence-electron chi connectivity index (χ4n) is 4.06. The molecule has 0 radical (unpaired) electrons. The number of nitrogens with one attached hydrogen (secondary N) is 1. The predicted octanol–water partition coefficient (Wildman–Crippen LogP) is 2.28. The molecule has 0 saturated carbocycles. The number of hydrogen-bond acceptors (Lipinski definition) is 3. The lowest BCUT2D eigenvalue weighted by Gasteiger charge is -2.29. The van der Waals surface area contributed by atoms with Gasteiger partial charge in [-0.15, -0.1) is 24.0 Å². The van der Waals surface area contributed by atoms with Crippen LogP contribution < -0.4 is 5.32 Å². The lowest BCUT2D eigenvalue weighted by molar-refractivity contribution is 0.235. The highest BCUT2D eigenvalue weighted by atomic mass is 127. The summed E-state index contributed by atoms with van der Waals surface area (Å²) < 4.78 is 1.90. The van der Waals surface area contributed by atoms with E-state index in [2.05, 4.69) is 38.3 Å². The second-order valence-corrected chi connectivity index (χ2v) is 7.11. The number of hydrogen-bond donors (Lipinski definition) is 1. The van der Waals surface area contributed by atoms with Crippen molar-refractivity contribution in [1.29, 1.82) is 0 Å². The number of guanidine groups is 1. The van der Waals surface area contributed by atoms with E-state index in [-0.39, 0.29) is 24.0 Å². The van der Waals surface area contributed by atoms with Crippen LogP contribution in [0.25, 0.3) is 0 Å². The average Bonchev–Trinajstić information content (AvgIpc) is 3.32. The van der Waals surface area contributed by atoms with Gasteiger partial charge in [0.2, 0.25) is 0 Å². The van der Waals surface area contributed by atoms with Crippen LogP contribution in [0.4, 0.5) is 0 Å². The summed E-state index contributed by atoms with van der Waals surface area (Å²) in [7, 11) is 3.89. The second-order valence-electron chi connectivity index (χ2n) is 7.11. The van der Waals surface area contributed by atoms with Crippen molar-refractivity contribution in [3.63, 3.8) is 0 Å². The zero-order chi connectivity index (χ0) is 16.9. The molecule has 2 aliphatic rings. The van der Waals surface area contributed by atoms with Crippen LogP contribution in [-0.4, -0.2) is 71.4 Å². The molecule has 3 rings (SSSR count). The highest BCUT2D eigenvalue weighted by Gasteiger charge is 2.27. The Kier molecular flexibility index (Phi) is 7.99. The number of aryl methyl sites for hydroxylation is 1. The second kappa shape index (κ2) is 9.75. The number of aromatic nitrogens is 2. The maximum absolute atomic E-state index is 4.53. The molecule has 142 valence electrons. The van der Waals surface area contributed by atoms with Crippen molar-refractivity contribution in [3.05, 3.63) is 18.0 Å². The molecule has 0 aliphatic carbocycles. The van der Waals surface area contributed by atoms with E-state index in [4.69, 9.17) is 0 Å². The highest BCUT2D eigenvalue weighted by Crippen LogP contribution is 2.26. The van der Waals surface area contributed by atoms with Gasteiger partial charge in [0.05, 0.1) is 6.20 Å². The van der Waals surface area contributed by atoms with Crippen LogP contribution in [0.1, 0.15) is 44.1 Å². The van der Waals surface area contributed by atoms with Gasteiger partial charge in [-0.25, -0.2) is 0 Å². The van der Waals surface area contributed by atoms with Gasteiger partial charge in [0.25, 0.3) is 0 Å². The van der Waals surface area contributed by atoms with Crippen LogP contribution in [0.3, 0.4) is 0 Å². The van der Waals surface area contributed by atoms with E-state index in [0.29, 0.717) is 12.0 Å². The van der Waals surface area contributed by atoms with Crippen LogP contribution in [0.2, 0.25) is 0 Å². The maximum Gasteiger partial charge on any atom is 0.193 e. The maximum atomic E-state index is 4.53. The van der Waals surface area contributed by atoms with Gasteiger partial charge in [0.1, 0.15) is 0 Å². The van der Waals surface area contributed by atoms with Gasteiger partial charge in [0.15, 0.2) is 5.96 Å². The van der Waals surface area contributed by atoms with Crippen LogP contribution in [-0.2, 0) is 7.05 Å². The Bertz CT molecular complexity index is 552. The van der Waals surface area contributed by atoms with Crippen molar-refractivity contribution in [3.8, 4) is 0 Å². The minimum absolute atomic E-state index is 0. The van der Waals surface area contributed by atoms with Crippen LogP contribution >= 0.6 is 24.0 Å². The summed E-state index contributed by atoms with van der Waals surface area (Å²) in [5.74, 6) is 1.62. The molecule has 0 amide bonds. The Balaban J connectivity index is 0.00000225. The first kappa shape index (κ1) is 20.5. The molecule has 1 N–H and O–H groups in total. The third kappa shape index (κ3) is 5.09. The van der Waals surface area contributed by atoms with E-state index in [0.717, 1.165) is 25.6 Å². The Hall–Kier alpha value is -0.830.